The molecule has 0 radical (unpaired) electrons. The molecule has 0 spiro atoms. The molecule has 0 atom stereocenters. The van der Waals surface area contributed by atoms with E-state index in [-0.39, 0.29) is 0 Å². The van der Waals surface area contributed by atoms with Crippen LogP contribution in [0.25, 0.3) is 11.1 Å². The van der Waals surface area contributed by atoms with Gasteiger partial charge in [-0.1, -0.05) is 118 Å². The Morgan fingerprint density at radius 2 is 1.56 bits per heavy atom. The molecule has 1 nitrogen and oxygen atoms in total. The molecule has 1 saturated carbocycles. The highest BCUT2D eigenvalue weighted by molar-refractivity contribution is 5.64. The summed E-state index contributed by atoms with van der Waals surface area (Å²) >= 11 is 0. The number of rotatable bonds is 11. The van der Waals surface area contributed by atoms with Crippen molar-refractivity contribution >= 4 is 0 Å². The third kappa shape index (κ3) is 7.00. The zero-order chi connectivity index (χ0) is 25.4. The first-order chi connectivity index (χ1) is 17.5. The quantitative estimate of drug-likeness (QED) is 0.271. The first kappa shape index (κ1) is 26.0. The number of hydrogen-bond donors (Lipinski definition) is 1. The van der Waals surface area contributed by atoms with E-state index in [0.717, 1.165) is 32.2 Å². The molecule has 0 amide bonds. The normalized spacial score (nSPS) is 14.8. The van der Waals surface area contributed by atoms with Crippen molar-refractivity contribution in [2.45, 2.75) is 78.2 Å². The van der Waals surface area contributed by atoms with Gasteiger partial charge in [0.15, 0.2) is 0 Å². The minimum Gasteiger partial charge on any atom is -0.385 e. The molecule has 0 aliphatic heterocycles. The van der Waals surface area contributed by atoms with Crippen LogP contribution < -0.4 is 5.32 Å². The van der Waals surface area contributed by atoms with Gasteiger partial charge in [0.25, 0.3) is 0 Å². The van der Waals surface area contributed by atoms with Gasteiger partial charge in [0.2, 0.25) is 0 Å². The molecule has 0 saturated heterocycles. The fourth-order valence-corrected chi connectivity index (χ4v) is 5.99. The molecular weight excluding hydrogens is 434 g/mol. The molecule has 1 heteroatoms. The van der Waals surface area contributed by atoms with Crippen molar-refractivity contribution in [1.29, 1.82) is 0 Å². The van der Waals surface area contributed by atoms with Crippen molar-refractivity contribution in [3.63, 3.8) is 0 Å². The Bertz CT molecular complexity index is 1160. The van der Waals surface area contributed by atoms with E-state index in [4.69, 9.17) is 0 Å². The molecule has 3 aromatic rings. The van der Waals surface area contributed by atoms with Gasteiger partial charge in [0.1, 0.15) is 0 Å². The maximum Gasteiger partial charge on any atom is 0.0397 e. The van der Waals surface area contributed by atoms with E-state index in [2.05, 4.69) is 105 Å². The Kier molecular flexibility index (Phi) is 8.86. The number of hydrogen-bond acceptors (Lipinski definition) is 1. The Morgan fingerprint density at radius 3 is 2.28 bits per heavy atom. The molecular formula is C35H43N. The summed E-state index contributed by atoms with van der Waals surface area (Å²) in [6, 6.07) is 26.4. The van der Waals surface area contributed by atoms with Gasteiger partial charge in [-0.15, -0.1) is 0 Å². The lowest BCUT2D eigenvalue weighted by Gasteiger charge is -2.39. The van der Waals surface area contributed by atoms with Crippen LogP contribution in [-0.2, 0) is 19.4 Å². The minimum absolute atomic E-state index is 0.294. The number of aryl methyl sites for hydroxylation is 2. The molecule has 36 heavy (non-hydrogen) atoms. The van der Waals surface area contributed by atoms with Crippen molar-refractivity contribution in [2.24, 2.45) is 5.41 Å². The van der Waals surface area contributed by atoms with Crippen LogP contribution in [0.15, 0.2) is 97.2 Å². The molecule has 0 bridgehead atoms. The summed E-state index contributed by atoms with van der Waals surface area (Å²) < 4.78 is 0. The average Bonchev–Trinajstić information content (AvgIpc) is 2.89. The molecule has 4 rings (SSSR count). The van der Waals surface area contributed by atoms with E-state index in [1.165, 1.54) is 76.8 Å². The molecule has 1 aliphatic rings. The number of nitrogens with one attached hydrogen (secondary N) is 1. The van der Waals surface area contributed by atoms with Crippen molar-refractivity contribution in [2.75, 3.05) is 0 Å². The minimum atomic E-state index is 0.294. The van der Waals surface area contributed by atoms with Gasteiger partial charge in [-0.2, -0.15) is 0 Å². The highest BCUT2D eigenvalue weighted by Crippen LogP contribution is 2.45. The summed E-state index contributed by atoms with van der Waals surface area (Å²) in [5.74, 6) is 0. The van der Waals surface area contributed by atoms with Gasteiger partial charge in [-0.3, -0.25) is 0 Å². The Morgan fingerprint density at radius 1 is 0.806 bits per heavy atom. The molecule has 0 heterocycles. The second-order valence-corrected chi connectivity index (χ2v) is 11.0. The van der Waals surface area contributed by atoms with Gasteiger partial charge < -0.3 is 5.32 Å². The first-order valence-corrected chi connectivity index (χ1v) is 13.8. The van der Waals surface area contributed by atoms with Gasteiger partial charge in [-0.05, 0) is 84.2 Å². The summed E-state index contributed by atoms with van der Waals surface area (Å²) in [5.41, 5.74) is 10.9. The molecule has 1 aliphatic carbocycles. The van der Waals surface area contributed by atoms with Gasteiger partial charge in [-0.25, -0.2) is 0 Å². The largest absolute Gasteiger partial charge is 0.385 e. The Balaban J connectivity index is 1.38. The first-order valence-electron chi connectivity index (χ1n) is 13.8. The highest BCUT2D eigenvalue weighted by atomic mass is 14.9. The van der Waals surface area contributed by atoms with Crippen LogP contribution in [0.3, 0.4) is 0 Å². The standard InChI is InChI=1S/C35H43N/c1-5-30-13-12-14-31(23-30)26-36-29(4)25-35(19-10-7-11-20-35)24-27(2)21-33-17-18-34(22-28(33)3)32-15-8-6-9-16-32/h6,8-9,12-18,22-23,36H,2,4-5,7,10-11,19-21,24-26H2,1,3H3. The van der Waals surface area contributed by atoms with E-state index < -0.39 is 0 Å². The average molecular weight is 478 g/mol. The summed E-state index contributed by atoms with van der Waals surface area (Å²) in [5, 5.41) is 3.65. The van der Waals surface area contributed by atoms with E-state index in [9.17, 15) is 0 Å². The van der Waals surface area contributed by atoms with Crippen LogP contribution in [0.2, 0.25) is 0 Å². The molecule has 1 N–H and O–H groups in total. The van der Waals surface area contributed by atoms with Crippen LogP contribution in [0, 0.1) is 12.3 Å². The highest BCUT2D eigenvalue weighted by Gasteiger charge is 2.33. The third-order valence-electron chi connectivity index (χ3n) is 7.96. The molecule has 1 fully saturated rings. The molecule has 0 aromatic heterocycles. The lowest BCUT2D eigenvalue weighted by atomic mass is 9.67. The third-order valence-corrected chi connectivity index (χ3v) is 7.96. The van der Waals surface area contributed by atoms with Crippen LogP contribution in [0.1, 0.15) is 74.1 Å². The lowest BCUT2D eigenvalue weighted by Crippen LogP contribution is -2.28. The maximum atomic E-state index is 4.58. The van der Waals surface area contributed by atoms with Crippen LogP contribution in [0.5, 0.6) is 0 Å². The molecule has 188 valence electrons. The molecule has 3 aromatic carbocycles. The summed E-state index contributed by atoms with van der Waals surface area (Å²) in [6.45, 7) is 14.3. The lowest BCUT2D eigenvalue weighted by molar-refractivity contribution is 0.181. The van der Waals surface area contributed by atoms with Crippen LogP contribution >= 0.6 is 0 Å². The van der Waals surface area contributed by atoms with E-state index in [1.54, 1.807) is 0 Å². The summed E-state index contributed by atoms with van der Waals surface area (Å²) in [7, 11) is 0. The van der Waals surface area contributed by atoms with Crippen molar-refractivity contribution in [3.8, 4) is 11.1 Å². The van der Waals surface area contributed by atoms with E-state index in [0.29, 0.717) is 5.41 Å². The smallest absolute Gasteiger partial charge is 0.0397 e. The van der Waals surface area contributed by atoms with E-state index in [1.807, 2.05) is 0 Å². The molecule has 0 unspecified atom stereocenters. The number of allylic oxidation sites excluding steroid dienone is 2. The fraction of sp³-hybridized carbons (Fsp3) is 0.371. The number of benzene rings is 3. The summed E-state index contributed by atoms with van der Waals surface area (Å²) in [4.78, 5) is 0. The second kappa shape index (κ2) is 12.3. The van der Waals surface area contributed by atoms with Crippen LogP contribution in [-0.4, -0.2) is 0 Å². The maximum absolute atomic E-state index is 4.58. The Hall–Kier alpha value is -3.06. The summed E-state index contributed by atoms with van der Waals surface area (Å²) in [6.07, 6.45) is 10.8. The van der Waals surface area contributed by atoms with Gasteiger partial charge in [0, 0.05) is 12.2 Å². The zero-order valence-electron chi connectivity index (χ0n) is 22.4. The van der Waals surface area contributed by atoms with Gasteiger partial charge >= 0.3 is 0 Å². The second-order valence-electron chi connectivity index (χ2n) is 11.0. The monoisotopic (exact) mass is 477 g/mol. The predicted molar refractivity (Wildman–Crippen MR) is 156 cm³/mol. The van der Waals surface area contributed by atoms with Crippen LogP contribution in [0.4, 0.5) is 0 Å². The van der Waals surface area contributed by atoms with Crippen molar-refractivity contribution in [1.82, 2.24) is 5.32 Å². The Labute approximate surface area is 219 Å². The van der Waals surface area contributed by atoms with Crippen molar-refractivity contribution < 1.29 is 0 Å². The topological polar surface area (TPSA) is 12.0 Å². The van der Waals surface area contributed by atoms with E-state index >= 15 is 0 Å². The van der Waals surface area contributed by atoms with Crippen molar-refractivity contribution in [3.05, 3.63) is 119 Å². The van der Waals surface area contributed by atoms with Gasteiger partial charge in [0.05, 0.1) is 0 Å². The SMILES string of the molecule is C=C(Cc1ccc(-c2ccccc2)cc1C)CC1(CC(=C)NCc2cccc(CC)c2)CCCCC1. The predicted octanol–water partition coefficient (Wildman–Crippen LogP) is 9.36. The zero-order valence-corrected chi connectivity index (χ0v) is 22.4. The fourth-order valence-electron chi connectivity index (χ4n) is 5.99.